The summed E-state index contributed by atoms with van der Waals surface area (Å²) in [6.07, 6.45) is 2.19. The number of carbonyl (C=O) groups excluding carboxylic acids is 2. The summed E-state index contributed by atoms with van der Waals surface area (Å²) in [5, 5.41) is 2.67. The van der Waals surface area contributed by atoms with Gasteiger partial charge in [0.15, 0.2) is 0 Å². The SMILES string of the molecule is O=C1NC2C(Br)CCCC2C(=O)O1. The number of nitrogens with one attached hydrogen (secondary N) is 1. The smallest absolute Gasteiger partial charge is 0.376 e. The predicted octanol–water partition coefficient (Wildman–Crippen LogP) is 1.18. The van der Waals surface area contributed by atoms with E-state index in [0.29, 0.717) is 0 Å². The zero-order valence-corrected chi connectivity index (χ0v) is 8.54. The van der Waals surface area contributed by atoms with Crippen LogP contribution in [0.15, 0.2) is 0 Å². The molecule has 1 saturated carbocycles. The van der Waals surface area contributed by atoms with Crippen LogP contribution >= 0.6 is 15.9 Å². The Morgan fingerprint density at radius 2 is 2.15 bits per heavy atom. The van der Waals surface area contributed by atoms with Gasteiger partial charge in [-0.05, 0) is 12.8 Å². The maximum Gasteiger partial charge on any atom is 0.415 e. The molecule has 1 aliphatic heterocycles. The Balaban J connectivity index is 2.17. The van der Waals surface area contributed by atoms with Crippen molar-refractivity contribution >= 4 is 28.0 Å². The highest BCUT2D eigenvalue weighted by molar-refractivity contribution is 9.09. The summed E-state index contributed by atoms with van der Waals surface area (Å²) in [5.74, 6) is -0.534. The molecule has 3 atom stereocenters. The summed E-state index contributed by atoms with van der Waals surface area (Å²) in [4.78, 5) is 22.4. The van der Waals surface area contributed by atoms with Crippen LogP contribution in [0, 0.1) is 5.92 Å². The number of alkyl carbamates (subject to hydrolysis) is 1. The number of alkyl halides is 1. The second-order valence-electron chi connectivity index (χ2n) is 3.43. The third kappa shape index (κ3) is 1.57. The molecule has 0 spiro atoms. The van der Waals surface area contributed by atoms with Crippen molar-refractivity contribution in [1.29, 1.82) is 0 Å². The first-order chi connectivity index (χ1) is 6.18. The standard InChI is InChI=1S/C8H10BrNO3/c9-5-3-1-2-4-6(5)10-8(12)13-7(4)11/h4-6H,1-3H2,(H,10,12). The second-order valence-corrected chi connectivity index (χ2v) is 4.61. The molecule has 2 rings (SSSR count). The van der Waals surface area contributed by atoms with E-state index in [-0.39, 0.29) is 22.8 Å². The van der Waals surface area contributed by atoms with E-state index in [0.717, 1.165) is 19.3 Å². The molecule has 3 unspecified atom stereocenters. The van der Waals surface area contributed by atoms with Gasteiger partial charge < -0.3 is 10.1 Å². The lowest BCUT2D eigenvalue weighted by Crippen LogP contribution is -2.56. The second kappa shape index (κ2) is 3.29. The van der Waals surface area contributed by atoms with E-state index < -0.39 is 6.09 Å². The molecule has 0 bridgehead atoms. The van der Waals surface area contributed by atoms with Crippen LogP contribution in [0.25, 0.3) is 0 Å². The number of ether oxygens (including phenoxy) is 1. The summed E-state index contributed by atoms with van der Waals surface area (Å²) < 4.78 is 4.49. The van der Waals surface area contributed by atoms with Crippen LogP contribution in [0.4, 0.5) is 4.79 Å². The Kier molecular flexibility index (Phi) is 2.27. The largest absolute Gasteiger partial charge is 0.415 e. The van der Waals surface area contributed by atoms with E-state index in [2.05, 4.69) is 26.0 Å². The molecule has 1 heterocycles. The van der Waals surface area contributed by atoms with E-state index in [4.69, 9.17) is 0 Å². The lowest BCUT2D eigenvalue weighted by atomic mass is 9.84. The Bertz CT molecular complexity index is 256. The monoisotopic (exact) mass is 247 g/mol. The fourth-order valence-electron chi connectivity index (χ4n) is 1.93. The first-order valence-corrected chi connectivity index (χ1v) is 5.26. The predicted molar refractivity (Wildman–Crippen MR) is 48.5 cm³/mol. The highest BCUT2D eigenvalue weighted by Gasteiger charge is 2.42. The summed E-state index contributed by atoms with van der Waals surface area (Å²) in [7, 11) is 0. The molecule has 13 heavy (non-hydrogen) atoms. The summed E-state index contributed by atoms with van der Waals surface area (Å²) in [6, 6.07) is -0.0810. The van der Waals surface area contributed by atoms with Crippen LogP contribution in [0.2, 0.25) is 0 Å². The number of hydrogen-bond acceptors (Lipinski definition) is 3. The van der Waals surface area contributed by atoms with Crippen molar-refractivity contribution in [2.75, 3.05) is 0 Å². The first kappa shape index (κ1) is 8.99. The molecule has 0 radical (unpaired) electrons. The normalized spacial score (nSPS) is 39.0. The molecule has 1 N–H and O–H groups in total. The number of carbonyl (C=O) groups is 2. The van der Waals surface area contributed by atoms with Crippen LogP contribution < -0.4 is 5.32 Å². The van der Waals surface area contributed by atoms with Crippen molar-refractivity contribution in [3.8, 4) is 0 Å². The van der Waals surface area contributed by atoms with Gasteiger partial charge in [0.25, 0.3) is 0 Å². The Labute approximate surface area is 84.1 Å². The Hall–Kier alpha value is -0.580. The van der Waals surface area contributed by atoms with Crippen LogP contribution in [0.3, 0.4) is 0 Å². The Morgan fingerprint density at radius 1 is 1.38 bits per heavy atom. The number of halogens is 1. The van der Waals surface area contributed by atoms with Gasteiger partial charge in [0.2, 0.25) is 0 Å². The van der Waals surface area contributed by atoms with Crippen molar-refractivity contribution in [2.45, 2.75) is 30.1 Å². The molecule has 0 aromatic rings. The van der Waals surface area contributed by atoms with Gasteiger partial charge >= 0.3 is 12.1 Å². The summed E-state index contributed by atoms with van der Waals surface area (Å²) in [6.45, 7) is 0. The highest BCUT2D eigenvalue weighted by atomic mass is 79.9. The fourth-order valence-corrected chi connectivity index (χ4v) is 2.76. The van der Waals surface area contributed by atoms with Crippen LogP contribution in [-0.2, 0) is 9.53 Å². The van der Waals surface area contributed by atoms with E-state index in [1.54, 1.807) is 0 Å². The van der Waals surface area contributed by atoms with E-state index in [9.17, 15) is 9.59 Å². The Morgan fingerprint density at radius 3 is 2.92 bits per heavy atom. The van der Waals surface area contributed by atoms with Gasteiger partial charge in [-0.25, -0.2) is 4.79 Å². The minimum absolute atomic E-state index is 0.0810. The minimum Gasteiger partial charge on any atom is -0.376 e. The molecule has 5 heteroatoms. The van der Waals surface area contributed by atoms with Crippen molar-refractivity contribution in [3.05, 3.63) is 0 Å². The van der Waals surface area contributed by atoms with Gasteiger partial charge in [-0.3, -0.25) is 4.79 Å². The number of rotatable bonds is 0. The van der Waals surface area contributed by atoms with Gasteiger partial charge in [-0.1, -0.05) is 22.4 Å². The molecule has 0 aromatic heterocycles. The molecule has 72 valence electrons. The van der Waals surface area contributed by atoms with Crippen molar-refractivity contribution in [3.63, 3.8) is 0 Å². The molecule has 4 nitrogen and oxygen atoms in total. The van der Waals surface area contributed by atoms with Crippen molar-refractivity contribution in [2.24, 2.45) is 5.92 Å². The average Bonchev–Trinajstić information content (AvgIpc) is 2.07. The average molecular weight is 248 g/mol. The number of amides is 1. The first-order valence-electron chi connectivity index (χ1n) is 4.35. The quantitative estimate of drug-likeness (QED) is 0.398. The van der Waals surface area contributed by atoms with Gasteiger partial charge in [0.1, 0.15) is 0 Å². The zero-order chi connectivity index (χ0) is 9.42. The van der Waals surface area contributed by atoms with Gasteiger partial charge in [0.05, 0.1) is 12.0 Å². The fraction of sp³-hybridized carbons (Fsp3) is 0.750. The lowest BCUT2D eigenvalue weighted by molar-refractivity contribution is -0.146. The molecular formula is C8H10BrNO3. The van der Waals surface area contributed by atoms with Crippen LogP contribution in [0.1, 0.15) is 19.3 Å². The third-order valence-electron chi connectivity index (χ3n) is 2.60. The molecule has 1 amide bonds. The topological polar surface area (TPSA) is 55.4 Å². The number of cyclic esters (lactones) is 2. The lowest BCUT2D eigenvalue weighted by Gasteiger charge is -2.36. The number of hydrogen-bond donors (Lipinski definition) is 1. The molecule has 2 aliphatic rings. The maximum absolute atomic E-state index is 11.3. The van der Waals surface area contributed by atoms with E-state index >= 15 is 0 Å². The molecule has 1 aliphatic carbocycles. The maximum atomic E-state index is 11.3. The summed E-state index contributed by atoms with van der Waals surface area (Å²) in [5.41, 5.74) is 0. The molecule has 0 aromatic carbocycles. The van der Waals surface area contributed by atoms with Crippen molar-refractivity contribution in [1.82, 2.24) is 5.32 Å². The van der Waals surface area contributed by atoms with Crippen molar-refractivity contribution < 1.29 is 14.3 Å². The van der Waals surface area contributed by atoms with Crippen LogP contribution in [-0.4, -0.2) is 22.9 Å². The zero-order valence-electron chi connectivity index (χ0n) is 6.96. The molecule has 2 fully saturated rings. The molecule has 1 saturated heterocycles. The van der Waals surface area contributed by atoms with Crippen LogP contribution in [0.5, 0.6) is 0 Å². The van der Waals surface area contributed by atoms with E-state index in [1.807, 2.05) is 0 Å². The van der Waals surface area contributed by atoms with E-state index in [1.165, 1.54) is 0 Å². The highest BCUT2D eigenvalue weighted by Crippen LogP contribution is 2.32. The summed E-state index contributed by atoms with van der Waals surface area (Å²) >= 11 is 3.46. The van der Waals surface area contributed by atoms with Gasteiger partial charge in [0, 0.05) is 4.83 Å². The number of esters is 1. The van der Waals surface area contributed by atoms with Gasteiger partial charge in [-0.15, -0.1) is 0 Å². The van der Waals surface area contributed by atoms with Gasteiger partial charge in [-0.2, -0.15) is 0 Å². The molecular weight excluding hydrogens is 238 g/mol. The minimum atomic E-state index is -0.613. The third-order valence-corrected chi connectivity index (χ3v) is 3.63. The number of fused-ring (bicyclic) bond motifs is 1.